The lowest BCUT2D eigenvalue weighted by Crippen LogP contribution is -1.81. The molecule has 0 atom stereocenters. The molecule has 6 aromatic rings. The van der Waals surface area contributed by atoms with Gasteiger partial charge in [-0.3, -0.25) is 9.97 Å². The maximum Gasteiger partial charge on any atom is 0.0708 e. The van der Waals surface area contributed by atoms with Crippen molar-refractivity contribution in [3.63, 3.8) is 0 Å². The Morgan fingerprint density at radius 2 is 0.867 bits per heavy atom. The number of aromatic nitrogens is 2. The molecule has 0 unspecified atom stereocenters. The van der Waals surface area contributed by atoms with Gasteiger partial charge in [-0.1, -0.05) is 36.4 Å². The number of hydrogen-bond acceptors (Lipinski definition) is 4. The molecule has 0 aliphatic carbocycles. The van der Waals surface area contributed by atoms with E-state index in [2.05, 4.69) is 82.8 Å². The van der Waals surface area contributed by atoms with Crippen LogP contribution in [0.25, 0.3) is 52.4 Å². The Bertz CT molecular complexity index is 1380. The molecule has 0 fully saturated rings. The third-order valence-electron chi connectivity index (χ3n) is 5.28. The first-order chi connectivity index (χ1) is 14.9. The maximum atomic E-state index is 4.50. The molecule has 4 aromatic heterocycles. The minimum absolute atomic E-state index is 1.04. The first-order valence-electron chi connectivity index (χ1n) is 9.75. The highest BCUT2D eigenvalue weighted by molar-refractivity contribution is 7.25. The molecule has 0 N–H and O–H groups in total. The Morgan fingerprint density at radius 1 is 0.433 bits per heavy atom. The Labute approximate surface area is 182 Å². The summed E-state index contributed by atoms with van der Waals surface area (Å²) in [5.74, 6) is 0. The van der Waals surface area contributed by atoms with Crippen LogP contribution in [-0.2, 0) is 0 Å². The monoisotopic (exact) mass is 420 g/mol. The van der Waals surface area contributed by atoms with Crippen molar-refractivity contribution >= 4 is 44.5 Å². The molecule has 6 rings (SSSR count). The van der Waals surface area contributed by atoms with E-state index in [4.69, 9.17) is 0 Å². The molecular weight excluding hydrogens is 404 g/mol. The highest BCUT2D eigenvalue weighted by atomic mass is 32.1. The molecule has 0 amide bonds. The van der Waals surface area contributed by atoms with Crippen molar-refractivity contribution in [2.45, 2.75) is 0 Å². The number of thiophene rings is 2. The van der Waals surface area contributed by atoms with Crippen LogP contribution in [0, 0.1) is 0 Å². The molecule has 30 heavy (non-hydrogen) atoms. The van der Waals surface area contributed by atoms with E-state index in [1.54, 1.807) is 0 Å². The average molecular weight is 421 g/mol. The van der Waals surface area contributed by atoms with Crippen LogP contribution in [0.3, 0.4) is 0 Å². The molecule has 0 spiro atoms. The Kier molecular flexibility index (Phi) is 4.18. The van der Waals surface area contributed by atoms with E-state index < -0.39 is 0 Å². The average Bonchev–Trinajstić information content (AvgIpc) is 3.48. The number of rotatable bonds is 3. The molecule has 0 aliphatic rings. The van der Waals surface area contributed by atoms with Crippen molar-refractivity contribution in [2.75, 3.05) is 0 Å². The molecule has 142 valence electrons. The lowest BCUT2D eigenvalue weighted by Gasteiger charge is -2.03. The predicted molar refractivity (Wildman–Crippen MR) is 129 cm³/mol. The molecule has 4 heterocycles. The Hall–Kier alpha value is -3.34. The number of fused-ring (bicyclic) bond motifs is 2. The van der Waals surface area contributed by atoms with Crippen LogP contribution in [0.2, 0.25) is 0 Å². The minimum Gasteiger partial charge on any atom is -0.256 e. The molecule has 0 aliphatic heterocycles. The third-order valence-corrected chi connectivity index (χ3v) is 7.72. The molecule has 0 saturated carbocycles. The number of benzene rings is 2. The molecule has 2 nitrogen and oxygen atoms in total. The van der Waals surface area contributed by atoms with Crippen molar-refractivity contribution < 1.29 is 0 Å². The highest BCUT2D eigenvalue weighted by Gasteiger charge is 2.12. The summed E-state index contributed by atoms with van der Waals surface area (Å²) in [7, 11) is 0. The van der Waals surface area contributed by atoms with Crippen molar-refractivity contribution in [1.82, 2.24) is 9.97 Å². The number of para-hydroxylation sites is 2. The van der Waals surface area contributed by atoms with Crippen LogP contribution < -0.4 is 0 Å². The van der Waals surface area contributed by atoms with E-state index >= 15 is 0 Å². The summed E-state index contributed by atoms with van der Waals surface area (Å²) in [6.07, 6.45) is 3.80. The van der Waals surface area contributed by atoms with E-state index in [0.29, 0.717) is 0 Å². The largest absolute Gasteiger partial charge is 0.256 e. The molecule has 2 aromatic carbocycles. The first-order valence-corrected chi connectivity index (χ1v) is 11.4. The van der Waals surface area contributed by atoms with E-state index in [-0.39, 0.29) is 0 Å². The second-order valence-electron chi connectivity index (χ2n) is 7.08. The summed E-state index contributed by atoms with van der Waals surface area (Å²) in [5.41, 5.74) is 4.56. The zero-order valence-electron chi connectivity index (χ0n) is 15.9. The smallest absolute Gasteiger partial charge is 0.0708 e. The quantitative estimate of drug-likeness (QED) is 0.291. The topological polar surface area (TPSA) is 25.8 Å². The van der Waals surface area contributed by atoms with Gasteiger partial charge >= 0.3 is 0 Å². The lowest BCUT2D eigenvalue weighted by atomic mass is 10.1. The Balaban J connectivity index is 1.41. The fourth-order valence-electron chi connectivity index (χ4n) is 3.85. The van der Waals surface area contributed by atoms with E-state index in [9.17, 15) is 0 Å². The van der Waals surface area contributed by atoms with Crippen LogP contribution in [0.5, 0.6) is 0 Å². The number of hydrogen-bond donors (Lipinski definition) is 0. The summed E-state index contributed by atoms with van der Waals surface area (Å²) in [6.45, 7) is 0. The summed E-state index contributed by atoms with van der Waals surface area (Å²) in [6, 6.07) is 29.8. The fraction of sp³-hybridized carbons (Fsp3) is 0. The van der Waals surface area contributed by atoms with Crippen LogP contribution in [0.1, 0.15) is 0 Å². The normalized spacial score (nSPS) is 11.3. The van der Waals surface area contributed by atoms with Gasteiger partial charge in [0.05, 0.1) is 11.0 Å². The van der Waals surface area contributed by atoms with Crippen molar-refractivity contribution in [2.24, 2.45) is 0 Å². The molecule has 0 radical (unpaired) electrons. The van der Waals surface area contributed by atoms with Gasteiger partial charge in [0.2, 0.25) is 0 Å². The van der Waals surface area contributed by atoms with Gasteiger partial charge in [-0.25, -0.2) is 0 Å². The van der Waals surface area contributed by atoms with Crippen molar-refractivity contribution in [3.05, 3.63) is 97.3 Å². The van der Waals surface area contributed by atoms with E-state index in [0.717, 1.165) is 11.0 Å². The predicted octanol–water partition coefficient (Wildman–Crippen LogP) is 7.91. The first kappa shape index (κ1) is 17.5. The SMILES string of the molecule is c1ccc2c(-c3ccc(-c4ccc(-c5ccnc6ccccc56)s4)s3)ccnc2c1. The second kappa shape index (κ2) is 7.17. The van der Waals surface area contributed by atoms with Gasteiger partial charge in [0.1, 0.15) is 0 Å². The Morgan fingerprint density at radius 3 is 1.37 bits per heavy atom. The van der Waals surface area contributed by atoms with Gasteiger partial charge in [-0.2, -0.15) is 0 Å². The molecule has 4 heteroatoms. The molecule has 0 bridgehead atoms. The number of pyridine rings is 2. The van der Waals surface area contributed by atoms with Crippen LogP contribution in [0.4, 0.5) is 0 Å². The lowest BCUT2D eigenvalue weighted by molar-refractivity contribution is 1.41. The maximum absolute atomic E-state index is 4.50. The number of nitrogens with zero attached hydrogens (tertiary/aromatic N) is 2. The van der Waals surface area contributed by atoms with Crippen LogP contribution in [-0.4, -0.2) is 9.97 Å². The summed E-state index contributed by atoms with van der Waals surface area (Å²) in [5, 5.41) is 2.40. The van der Waals surface area contributed by atoms with Crippen LogP contribution in [0.15, 0.2) is 97.3 Å². The van der Waals surface area contributed by atoms with Gasteiger partial charge < -0.3 is 0 Å². The standard InChI is InChI=1S/C26H16N2S2/c1-3-7-21-17(5-1)19(13-15-27-21)23-9-11-25(29-23)26-12-10-24(30-26)20-14-16-28-22-8-4-2-6-18(20)22/h1-16H. The zero-order valence-corrected chi connectivity index (χ0v) is 17.6. The van der Waals surface area contributed by atoms with E-state index in [1.807, 2.05) is 47.2 Å². The summed E-state index contributed by atoms with van der Waals surface area (Å²) in [4.78, 5) is 14.1. The molecular formula is C26H16N2S2. The van der Waals surface area contributed by atoms with Gasteiger partial charge in [-0.15, -0.1) is 22.7 Å². The fourth-order valence-corrected chi connectivity index (χ4v) is 6.03. The van der Waals surface area contributed by atoms with Crippen molar-refractivity contribution in [1.29, 1.82) is 0 Å². The molecule has 0 saturated heterocycles. The highest BCUT2D eigenvalue weighted by Crippen LogP contribution is 2.42. The second-order valence-corrected chi connectivity index (χ2v) is 9.25. The van der Waals surface area contributed by atoms with Gasteiger partial charge in [0, 0.05) is 53.8 Å². The summed E-state index contributed by atoms with van der Waals surface area (Å²) < 4.78 is 0. The van der Waals surface area contributed by atoms with Gasteiger partial charge in [0.15, 0.2) is 0 Å². The summed E-state index contributed by atoms with van der Waals surface area (Å²) >= 11 is 3.67. The zero-order chi connectivity index (χ0) is 19.9. The third kappa shape index (κ3) is 2.93. The van der Waals surface area contributed by atoms with Gasteiger partial charge in [0.25, 0.3) is 0 Å². The van der Waals surface area contributed by atoms with Crippen molar-refractivity contribution in [3.8, 4) is 30.6 Å². The van der Waals surface area contributed by atoms with Gasteiger partial charge in [-0.05, 0) is 48.5 Å². The van der Waals surface area contributed by atoms with Crippen LogP contribution >= 0.6 is 22.7 Å². The van der Waals surface area contributed by atoms with E-state index in [1.165, 1.54) is 41.4 Å². The minimum atomic E-state index is 1.04.